The van der Waals surface area contributed by atoms with Crippen LogP contribution in [-0.4, -0.2) is 4.87 Å². The van der Waals surface area contributed by atoms with Gasteiger partial charge in [-0.25, -0.2) is 0 Å². The molecule has 0 radical (unpaired) electrons. The van der Waals surface area contributed by atoms with Gasteiger partial charge in [0.2, 0.25) is 0 Å². The first kappa shape index (κ1) is 12.5. The van der Waals surface area contributed by atoms with E-state index in [4.69, 9.17) is 23.2 Å². The molecule has 90 valence electrons. The second kappa shape index (κ2) is 5.60. The lowest BCUT2D eigenvalue weighted by molar-refractivity contribution is 0.323. The van der Waals surface area contributed by atoms with Crippen molar-refractivity contribution < 1.29 is 0 Å². The SMILES string of the molecule is ClC1=CC=CC(Cl)(C2CCCCCCC2)C1. The van der Waals surface area contributed by atoms with Gasteiger partial charge in [-0.15, -0.1) is 11.6 Å². The van der Waals surface area contributed by atoms with Crippen LogP contribution in [0.1, 0.15) is 51.4 Å². The number of rotatable bonds is 1. The second-order valence-electron chi connectivity index (χ2n) is 5.12. The molecular formula is C14H20Cl2. The first-order valence-electron chi connectivity index (χ1n) is 6.43. The van der Waals surface area contributed by atoms with Crippen LogP contribution in [0.3, 0.4) is 0 Å². The van der Waals surface area contributed by atoms with Crippen LogP contribution >= 0.6 is 23.2 Å². The lowest BCUT2D eigenvalue weighted by Gasteiger charge is -2.35. The molecule has 2 aliphatic carbocycles. The van der Waals surface area contributed by atoms with Gasteiger partial charge in [0.05, 0.1) is 4.87 Å². The largest absolute Gasteiger partial charge is 0.114 e. The van der Waals surface area contributed by atoms with E-state index in [0.717, 1.165) is 11.5 Å². The summed E-state index contributed by atoms with van der Waals surface area (Å²) < 4.78 is 0. The fourth-order valence-corrected chi connectivity index (χ4v) is 3.70. The summed E-state index contributed by atoms with van der Waals surface area (Å²) in [4.78, 5) is -0.205. The molecule has 0 saturated heterocycles. The van der Waals surface area contributed by atoms with Gasteiger partial charge in [0, 0.05) is 11.5 Å². The van der Waals surface area contributed by atoms with Gasteiger partial charge < -0.3 is 0 Å². The molecule has 1 fully saturated rings. The molecule has 0 aliphatic heterocycles. The molecule has 0 aromatic carbocycles. The summed E-state index contributed by atoms with van der Waals surface area (Å²) in [5, 5.41) is 0.902. The highest BCUT2D eigenvalue weighted by atomic mass is 35.5. The highest BCUT2D eigenvalue weighted by Crippen LogP contribution is 2.43. The highest BCUT2D eigenvalue weighted by molar-refractivity contribution is 6.32. The molecule has 0 heterocycles. The first-order chi connectivity index (χ1) is 7.71. The van der Waals surface area contributed by atoms with Crippen molar-refractivity contribution in [1.82, 2.24) is 0 Å². The molecule has 0 amide bonds. The van der Waals surface area contributed by atoms with Gasteiger partial charge >= 0.3 is 0 Å². The quantitative estimate of drug-likeness (QED) is 0.552. The molecule has 1 saturated carbocycles. The van der Waals surface area contributed by atoms with Crippen molar-refractivity contribution in [3.8, 4) is 0 Å². The van der Waals surface area contributed by atoms with E-state index in [-0.39, 0.29) is 4.87 Å². The monoisotopic (exact) mass is 258 g/mol. The Morgan fingerprint density at radius 3 is 2.31 bits per heavy atom. The third-order valence-corrected chi connectivity index (χ3v) is 4.70. The van der Waals surface area contributed by atoms with Gasteiger partial charge in [0.25, 0.3) is 0 Å². The lowest BCUT2D eigenvalue weighted by Crippen LogP contribution is -2.31. The predicted molar refractivity (Wildman–Crippen MR) is 72.1 cm³/mol. The minimum atomic E-state index is -0.205. The molecule has 0 spiro atoms. The van der Waals surface area contributed by atoms with Crippen molar-refractivity contribution in [3.63, 3.8) is 0 Å². The average Bonchev–Trinajstić information content (AvgIpc) is 2.15. The van der Waals surface area contributed by atoms with Crippen LogP contribution in [0.5, 0.6) is 0 Å². The topological polar surface area (TPSA) is 0 Å². The summed E-state index contributed by atoms with van der Waals surface area (Å²) in [6.45, 7) is 0. The van der Waals surface area contributed by atoms with E-state index in [0.29, 0.717) is 5.92 Å². The molecule has 2 heteroatoms. The maximum atomic E-state index is 6.76. The molecule has 0 aromatic rings. The van der Waals surface area contributed by atoms with Gasteiger partial charge in [0.1, 0.15) is 0 Å². The zero-order valence-corrected chi connectivity index (χ0v) is 11.2. The highest BCUT2D eigenvalue weighted by Gasteiger charge is 2.35. The van der Waals surface area contributed by atoms with E-state index in [1.54, 1.807) is 0 Å². The zero-order valence-electron chi connectivity index (χ0n) is 9.72. The van der Waals surface area contributed by atoms with Crippen LogP contribution in [0.2, 0.25) is 0 Å². The molecule has 0 aromatic heterocycles. The Hall–Kier alpha value is 0.0600. The normalized spacial score (nSPS) is 33.0. The smallest absolute Gasteiger partial charge is 0.0705 e. The molecule has 0 nitrogen and oxygen atoms in total. The number of halogens is 2. The Morgan fingerprint density at radius 2 is 1.69 bits per heavy atom. The standard InChI is InChI=1S/C14H20Cl2/c15-13-9-6-10-14(16,11-13)12-7-4-2-1-3-5-8-12/h6,9-10,12H,1-5,7-8,11H2. The maximum Gasteiger partial charge on any atom is 0.0705 e. The third-order valence-electron chi connectivity index (χ3n) is 3.87. The van der Waals surface area contributed by atoms with Crippen LogP contribution in [0.4, 0.5) is 0 Å². The van der Waals surface area contributed by atoms with Crippen molar-refractivity contribution >= 4 is 23.2 Å². The van der Waals surface area contributed by atoms with E-state index < -0.39 is 0 Å². The molecule has 2 rings (SSSR count). The lowest BCUT2D eigenvalue weighted by atomic mass is 9.78. The van der Waals surface area contributed by atoms with E-state index in [1.807, 2.05) is 12.2 Å². The fraction of sp³-hybridized carbons (Fsp3) is 0.714. The summed E-state index contributed by atoms with van der Waals surface area (Å²) in [5.41, 5.74) is 0. The number of hydrogen-bond donors (Lipinski definition) is 0. The van der Waals surface area contributed by atoms with E-state index in [1.165, 1.54) is 44.9 Å². The third kappa shape index (κ3) is 3.05. The fourth-order valence-electron chi connectivity index (χ4n) is 2.91. The second-order valence-corrected chi connectivity index (χ2v) is 6.31. The van der Waals surface area contributed by atoms with Gasteiger partial charge in [-0.2, -0.15) is 0 Å². The van der Waals surface area contributed by atoms with Crippen LogP contribution in [-0.2, 0) is 0 Å². The molecule has 1 unspecified atom stereocenters. The maximum absolute atomic E-state index is 6.76. The van der Waals surface area contributed by atoms with Crippen LogP contribution in [0, 0.1) is 5.92 Å². The Kier molecular flexibility index (Phi) is 4.38. The van der Waals surface area contributed by atoms with Gasteiger partial charge in [-0.1, -0.05) is 55.9 Å². The average molecular weight is 259 g/mol. The van der Waals surface area contributed by atoms with Crippen molar-refractivity contribution in [1.29, 1.82) is 0 Å². The molecular weight excluding hydrogens is 239 g/mol. The van der Waals surface area contributed by atoms with Crippen LogP contribution in [0.25, 0.3) is 0 Å². The first-order valence-corrected chi connectivity index (χ1v) is 7.19. The van der Waals surface area contributed by atoms with Crippen molar-refractivity contribution in [2.45, 2.75) is 56.2 Å². The van der Waals surface area contributed by atoms with Crippen molar-refractivity contribution in [2.75, 3.05) is 0 Å². The molecule has 2 aliphatic rings. The van der Waals surface area contributed by atoms with Gasteiger partial charge in [-0.05, 0) is 24.8 Å². The summed E-state index contributed by atoms with van der Waals surface area (Å²) in [6.07, 6.45) is 16.3. The molecule has 0 N–H and O–H groups in total. The number of alkyl halides is 1. The number of allylic oxidation sites excluding steroid dienone is 4. The molecule has 16 heavy (non-hydrogen) atoms. The van der Waals surface area contributed by atoms with E-state index in [9.17, 15) is 0 Å². The van der Waals surface area contributed by atoms with Crippen LogP contribution in [0.15, 0.2) is 23.3 Å². The Morgan fingerprint density at radius 1 is 1.06 bits per heavy atom. The minimum absolute atomic E-state index is 0.205. The van der Waals surface area contributed by atoms with Crippen LogP contribution < -0.4 is 0 Å². The van der Waals surface area contributed by atoms with Gasteiger partial charge in [-0.3, -0.25) is 0 Å². The van der Waals surface area contributed by atoms with Crippen molar-refractivity contribution in [2.24, 2.45) is 5.92 Å². The number of hydrogen-bond acceptors (Lipinski definition) is 0. The van der Waals surface area contributed by atoms with Crippen molar-refractivity contribution in [3.05, 3.63) is 23.3 Å². The zero-order chi connectivity index (χ0) is 11.4. The summed E-state index contributed by atoms with van der Waals surface area (Å²) in [7, 11) is 0. The molecule has 0 bridgehead atoms. The minimum Gasteiger partial charge on any atom is -0.114 e. The predicted octanol–water partition coefficient (Wildman–Crippen LogP) is 5.41. The van der Waals surface area contributed by atoms with E-state index in [2.05, 4.69) is 6.08 Å². The molecule has 1 atom stereocenters. The summed E-state index contributed by atoms with van der Waals surface area (Å²) in [5.74, 6) is 0.605. The summed E-state index contributed by atoms with van der Waals surface area (Å²) in [6, 6.07) is 0. The Balaban J connectivity index is 2.03. The van der Waals surface area contributed by atoms with Gasteiger partial charge in [0.15, 0.2) is 0 Å². The van der Waals surface area contributed by atoms with E-state index >= 15 is 0 Å². The Bertz CT molecular complexity index is 285. The summed E-state index contributed by atoms with van der Waals surface area (Å²) >= 11 is 12.9. The Labute approximate surface area is 109 Å².